The minimum atomic E-state index is -3.50. The van der Waals surface area contributed by atoms with Gasteiger partial charge in [-0.1, -0.05) is 6.42 Å². The van der Waals surface area contributed by atoms with E-state index in [0.717, 1.165) is 19.3 Å². The Balaban J connectivity index is 2.49. The van der Waals surface area contributed by atoms with Gasteiger partial charge in [-0.05, 0) is 38.3 Å². The molecule has 1 aliphatic heterocycles. The first-order valence-corrected chi connectivity index (χ1v) is 8.60. The van der Waals surface area contributed by atoms with Gasteiger partial charge in [0.2, 0.25) is 10.0 Å². The summed E-state index contributed by atoms with van der Waals surface area (Å²) in [5.74, 6) is 0.979. The Bertz CT molecular complexity index is 612. The van der Waals surface area contributed by atoms with E-state index in [9.17, 15) is 8.42 Å². The number of nitrogens with zero attached hydrogens (tertiary/aromatic N) is 1. The molecular weight excluding hydrogens is 290 g/mol. The molecule has 1 heterocycles. The lowest BCUT2D eigenvalue weighted by Gasteiger charge is -2.32. The number of benzene rings is 1. The molecule has 1 atom stereocenters. The molecule has 0 N–H and O–H groups in total. The second kappa shape index (κ2) is 6.23. The lowest BCUT2D eigenvalue weighted by atomic mass is 10.1. The van der Waals surface area contributed by atoms with Gasteiger partial charge in [-0.15, -0.1) is 0 Å². The van der Waals surface area contributed by atoms with Crippen molar-refractivity contribution in [2.45, 2.75) is 44.0 Å². The Morgan fingerprint density at radius 2 is 1.76 bits per heavy atom. The van der Waals surface area contributed by atoms with E-state index in [1.54, 1.807) is 23.4 Å². The third kappa shape index (κ3) is 3.01. The number of ether oxygens (including phenoxy) is 2. The van der Waals surface area contributed by atoms with Crippen molar-refractivity contribution in [3.8, 4) is 11.5 Å². The van der Waals surface area contributed by atoms with Gasteiger partial charge in [0.15, 0.2) is 11.5 Å². The first kappa shape index (κ1) is 16.1. The zero-order valence-corrected chi connectivity index (χ0v) is 13.9. The fourth-order valence-corrected chi connectivity index (χ4v) is 4.72. The fourth-order valence-electron chi connectivity index (χ4n) is 2.80. The van der Waals surface area contributed by atoms with E-state index in [0.29, 0.717) is 28.5 Å². The largest absolute Gasteiger partial charge is 0.493 e. The second-order valence-electron chi connectivity index (χ2n) is 5.43. The molecule has 1 unspecified atom stereocenters. The first-order chi connectivity index (χ1) is 9.91. The Kier molecular flexibility index (Phi) is 4.78. The van der Waals surface area contributed by atoms with Crippen LogP contribution in [0.4, 0.5) is 0 Å². The molecule has 0 aliphatic carbocycles. The summed E-state index contributed by atoms with van der Waals surface area (Å²) in [7, 11) is -0.455. The van der Waals surface area contributed by atoms with Crippen LogP contribution in [0.25, 0.3) is 0 Å². The quantitative estimate of drug-likeness (QED) is 0.857. The fraction of sp³-hybridized carbons (Fsp3) is 0.600. The third-order valence-electron chi connectivity index (χ3n) is 4.01. The molecule has 0 aromatic heterocycles. The van der Waals surface area contributed by atoms with Gasteiger partial charge in [0.05, 0.1) is 19.1 Å². The van der Waals surface area contributed by atoms with E-state index in [-0.39, 0.29) is 6.04 Å². The summed E-state index contributed by atoms with van der Waals surface area (Å²) in [6.45, 7) is 4.33. The minimum absolute atomic E-state index is 0.0382. The van der Waals surface area contributed by atoms with Crippen molar-refractivity contribution in [1.29, 1.82) is 0 Å². The molecule has 1 saturated heterocycles. The first-order valence-electron chi connectivity index (χ1n) is 7.16. The van der Waals surface area contributed by atoms with Crippen molar-refractivity contribution in [3.63, 3.8) is 0 Å². The molecule has 0 radical (unpaired) electrons. The van der Waals surface area contributed by atoms with Crippen LogP contribution in [0.15, 0.2) is 17.0 Å². The molecule has 1 aromatic carbocycles. The summed E-state index contributed by atoms with van der Waals surface area (Å²) in [5.41, 5.74) is 0.672. The van der Waals surface area contributed by atoms with Crippen LogP contribution in [-0.4, -0.2) is 39.5 Å². The van der Waals surface area contributed by atoms with Crippen molar-refractivity contribution >= 4 is 10.0 Å². The van der Waals surface area contributed by atoms with Gasteiger partial charge >= 0.3 is 0 Å². The number of methoxy groups -OCH3 is 2. The van der Waals surface area contributed by atoms with E-state index in [4.69, 9.17) is 9.47 Å². The maximum absolute atomic E-state index is 12.9. The predicted molar refractivity (Wildman–Crippen MR) is 81.5 cm³/mol. The van der Waals surface area contributed by atoms with E-state index in [2.05, 4.69) is 0 Å². The number of aryl methyl sites for hydroxylation is 1. The number of piperidine rings is 1. The van der Waals surface area contributed by atoms with Crippen molar-refractivity contribution in [3.05, 3.63) is 17.7 Å². The minimum Gasteiger partial charge on any atom is -0.493 e. The van der Waals surface area contributed by atoms with Crippen LogP contribution < -0.4 is 9.47 Å². The number of sulfonamides is 1. The van der Waals surface area contributed by atoms with Crippen LogP contribution >= 0.6 is 0 Å². The maximum Gasteiger partial charge on any atom is 0.243 e. The summed E-state index contributed by atoms with van der Waals surface area (Å²) in [4.78, 5) is 0.300. The standard InChI is InChI=1S/C15H23NO4S/c1-11-9-13(19-3)14(20-4)10-15(11)21(17,18)16-8-6-5-7-12(16)2/h9-10,12H,5-8H2,1-4H3. The Labute approximate surface area is 126 Å². The molecule has 0 amide bonds. The van der Waals surface area contributed by atoms with E-state index < -0.39 is 10.0 Å². The molecule has 1 aromatic rings. The Morgan fingerprint density at radius 1 is 1.14 bits per heavy atom. The molecule has 1 fully saturated rings. The average Bonchev–Trinajstić information content (AvgIpc) is 2.46. The predicted octanol–water partition coefficient (Wildman–Crippen LogP) is 2.58. The smallest absolute Gasteiger partial charge is 0.243 e. The van der Waals surface area contributed by atoms with Crippen LogP contribution in [0, 0.1) is 6.92 Å². The monoisotopic (exact) mass is 313 g/mol. The van der Waals surface area contributed by atoms with Crippen LogP contribution in [0.1, 0.15) is 31.7 Å². The molecule has 5 nitrogen and oxygen atoms in total. The topological polar surface area (TPSA) is 55.8 Å². The molecule has 6 heteroatoms. The molecule has 21 heavy (non-hydrogen) atoms. The third-order valence-corrected chi connectivity index (χ3v) is 6.17. The average molecular weight is 313 g/mol. The molecule has 0 spiro atoms. The zero-order valence-electron chi connectivity index (χ0n) is 13.0. The number of hydrogen-bond acceptors (Lipinski definition) is 4. The Morgan fingerprint density at radius 3 is 2.33 bits per heavy atom. The second-order valence-corrected chi connectivity index (χ2v) is 7.29. The van der Waals surface area contributed by atoms with E-state index in [1.165, 1.54) is 14.2 Å². The van der Waals surface area contributed by atoms with Crippen LogP contribution in [0.2, 0.25) is 0 Å². The maximum atomic E-state index is 12.9. The summed E-state index contributed by atoms with van der Waals surface area (Å²) in [5, 5.41) is 0. The van der Waals surface area contributed by atoms with Gasteiger partial charge in [-0.25, -0.2) is 8.42 Å². The molecule has 2 rings (SSSR count). The van der Waals surface area contributed by atoms with Crippen molar-refractivity contribution in [2.24, 2.45) is 0 Å². The highest BCUT2D eigenvalue weighted by molar-refractivity contribution is 7.89. The van der Waals surface area contributed by atoms with Crippen LogP contribution in [0.5, 0.6) is 11.5 Å². The van der Waals surface area contributed by atoms with Crippen LogP contribution in [0.3, 0.4) is 0 Å². The summed E-state index contributed by atoms with van der Waals surface area (Å²) in [6, 6.07) is 3.31. The highest BCUT2D eigenvalue weighted by Crippen LogP contribution is 2.35. The molecular formula is C15H23NO4S. The van der Waals surface area contributed by atoms with Crippen molar-refractivity contribution in [1.82, 2.24) is 4.31 Å². The van der Waals surface area contributed by atoms with E-state index >= 15 is 0 Å². The molecule has 1 aliphatic rings. The van der Waals surface area contributed by atoms with E-state index in [1.807, 2.05) is 6.92 Å². The van der Waals surface area contributed by atoms with Gasteiger partial charge in [-0.2, -0.15) is 4.31 Å². The van der Waals surface area contributed by atoms with Crippen molar-refractivity contribution in [2.75, 3.05) is 20.8 Å². The zero-order chi connectivity index (χ0) is 15.6. The molecule has 0 bridgehead atoms. The highest BCUT2D eigenvalue weighted by Gasteiger charge is 2.32. The van der Waals surface area contributed by atoms with Gasteiger partial charge in [-0.3, -0.25) is 0 Å². The lowest BCUT2D eigenvalue weighted by molar-refractivity contribution is 0.268. The number of rotatable bonds is 4. The Hall–Kier alpha value is -1.27. The highest BCUT2D eigenvalue weighted by atomic mass is 32.2. The van der Waals surface area contributed by atoms with Gasteiger partial charge in [0, 0.05) is 18.7 Å². The SMILES string of the molecule is COc1cc(C)c(S(=O)(=O)N2CCCCC2C)cc1OC. The normalized spacial score (nSPS) is 20.3. The summed E-state index contributed by atoms with van der Waals surface area (Å²) in [6.07, 6.45) is 2.90. The van der Waals surface area contributed by atoms with Crippen LogP contribution in [-0.2, 0) is 10.0 Å². The van der Waals surface area contributed by atoms with Gasteiger partial charge < -0.3 is 9.47 Å². The number of hydrogen-bond donors (Lipinski definition) is 0. The van der Waals surface area contributed by atoms with Gasteiger partial charge in [0.1, 0.15) is 0 Å². The summed E-state index contributed by atoms with van der Waals surface area (Å²) < 4.78 is 37.9. The van der Waals surface area contributed by atoms with Crippen molar-refractivity contribution < 1.29 is 17.9 Å². The van der Waals surface area contributed by atoms with Gasteiger partial charge in [0.25, 0.3) is 0 Å². The molecule has 118 valence electrons. The molecule has 0 saturated carbocycles. The summed E-state index contributed by atoms with van der Waals surface area (Å²) >= 11 is 0. The lowest BCUT2D eigenvalue weighted by Crippen LogP contribution is -2.42.